The van der Waals surface area contributed by atoms with Gasteiger partial charge < -0.3 is 11.1 Å². The van der Waals surface area contributed by atoms with Crippen molar-refractivity contribution in [3.05, 3.63) is 29.0 Å². The lowest BCUT2D eigenvalue weighted by atomic mass is 9.73. The molecule has 0 aromatic heterocycles. The summed E-state index contributed by atoms with van der Waals surface area (Å²) >= 11 is 10.7. The molecule has 1 aromatic rings. The van der Waals surface area contributed by atoms with Gasteiger partial charge >= 0.3 is 0 Å². The molecule has 0 aliphatic heterocycles. The lowest BCUT2D eigenvalue weighted by Crippen LogP contribution is -2.47. The summed E-state index contributed by atoms with van der Waals surface area (Å²) in [5.74, 6) is -0.830. The Kier molecular flexibility index (Phi) is 4.60. The minimum atomic E-state index is -0.816. The highest BCUT2D eigenvalue weighted by molar-refractivity contribution is 7.80. The Morgan fingerprint density at radius 3 is 2.55 bits per heavy atom. The number of hydrogen-bond donors (Lipinski definition) is 2. The van der Waals surface area contributed by atoms with Gasteiger partial charge in [-0.15, -0.1) is 0 Å². The first-order valence-corrected chi connectivity index (χ1v) is 7.31. The van der Waals surface area contributed by atoms with E-state index in [1.165, 1.54) is 12.1 Å². The van der Waals surface area contributed by atoms with Gasteiger partial charge in [0.05, 0.1) is 15.4 Å². The summed E-state index contributed by atoms with van der Waals surface area (Å²) < 4.78 is 13.4. The Morgan fingerprint density at radius 2 is 2.00 bits per heavy atom. The normalized spacial score (nSPS) is 17.5. The topological polar surface area (TPSA) is 55.1 Å². The molecule has 20 heavy (non-hydrogen) atoms. The quantitative estimate of drug-likeness (QED) is 0.837. The molecule has 0 radical (unpaired) electrons. The van der Waals surface area contributed by atoms with E-state index in [2.05, 4.69) is 5.32 Å². The molecule has 0 heterocycles. The predicted molar refractivity (Wildman–Crippen MR) is 82.3 cm³/mol. The predicted octanol–water partition coefficient (Wildman–Crippen LogP) is 3.65. The number of nitrogens with one attached hydrogen (secondary N) is 1. The van der Waals surface area contributed by atoms with Crippen LogP contribution in [0, 0.1) is 11.2 Å². The van der Waals surface area contributed by atoms with Crippen LogP contribution in [-0.4, -0.2) is 10.9 Å². The van der Waals surface area contributed by atoms with E-state index in [-0.39, 0.29) is 15.9 Å². The number of thiocarbonyl (C=S) groups is 1. The van der Waals surface area contributed by atoms with E-state index in [4.69, 9.17) is 29.6 Å². The molecule has 0 unspecified atom stereocenters. The molecule has 108 valence electrons. The molecular formula is C14H16ClFN2OS. The van der Waals surface area contributed by atoms with Crippen molar-refractivity contribution in [2.45, 2.75) is 32.1 Å². The average molecular weight is 315 g/mol. The van der Waals surface area contributed by atoms with E-state index in [1.54, 1.807) is 6.07 Å². The summed E-state index contributed by atoms with van der Waals surface area (Å²) in [6.45, 7) is 0. The van der Waals surface area contributed by atoms with E-state index < -0.39 is 11.2 Å². The minimum absolute atomic E-state index is 0.0183. The van der Waals surface area contributed by atoms with Crippen LogP contribution in [0.4, 0.5) is 10.1 Å². The number of benzene rings is 1. The summed E-state index contributed by atoms with van der Waals surface area (Å²) in [7, 11) is 0. The zero-order valence-electron chi connectivity index (χ0n) is 10.9. The first-order valence-electron chi connectivity index (χ1n) is 6.52. The van der Waals surface area contributed by atoms with Gasteiger partial charge in [0, 0.05) is 5.69 Å². The van der Waals surface area contributed by atoms with Crippen LogP contribution >= 0.6 is 23.8 Å². The molecule has 0 atom stereocenters. The highest BCUT2D eigenvalue weighted by Gasteiger charge is 2.42. The van der Waals surface area contributed by atoms with E-state index in [1.807, 2.05) is 0 Å². The summed E-state index contributed by atoms with van der Waals surface area (Å²) in [6.07, 6.45) is 4.20. The smallest absolute Gasteiger partial charge is 0.237 e. The van der Waals surface area contributed by atoms with E-state index >= 15 is 0 Å². The number of hydrogen-bond acceptors (Lipinski definition) is 2. The maximum atomic E-state index is 13.4. The van der Waals surface area contributed by atoms with Gasteiger partial charge in [0.1, 0.15) is 5.82 Å². The Bertz CT molecular complexity index is 544. The van der Waals surface area contributed by atoms with E-state index in [9.17, 15) is 9.18 Å². The van der Waals surface area contributed by atoms with Crippen molar-refractivity contribution in [1.29, 1.82) is 0 Å². The van der Waals surface area contributed by atoms with Crippen LogP contribution in [0.25, 0.3) is 0 Å². The molecule has 3 N–H and O–H groups in total. The number of nitrogens with two attached hydrogens (primary N) is 1. The molecule has 0 spiro atoms. The lowest BCUT2D eigenvalue weighted by Gasteiger charge is -2.34. The first-order chi connectivity index (χ1) is 9.45. The van der Waals surface area contributed by atoms with Gasteiger partial charge in [-0.3, -0.25) is 4.79 Å². The van der Waals surface area contributed by atoms with Crippen LogP contribution in [0.2, 0.25) is 5.02 Å². The lowest BCUT2D eigenvalue weighted by molar-refractivity contribution is -0.123. The number of carbonyl (C=O) groups excluding carboxylic acids is 1. The molecule has 1 fully saturated rings. The highest BCUT2D eigenvalue weighted by atomic mass is 35.5. The third-order valence-corrected chi connectivity index (χ3v) is 4.49. The molecule has 0 bridgehead atoms. The van der Waals surface area contributed by atoms with Crippen molar-refractivity contribution in [2.24, 2.45) is 11.1 Å². The fourth-order valence-electron chi connectivity index (χ4n) is 2.57. The zero-order valence-corrected chi connectivity index (χ0v) is 12.5. The van der Waals surface area contributed by atoms with Crippen LogP contribution < -0.4 is 11.1 Å². The highest BCUT2D eigenvalue weighted by Crippen LogP contribution is 2.38. The number of anilines is 1. The minimum Gasteiger partial charge on any atom is -0.392 e. The second-order valence-electron chi connectivity index (χ2n) is 5.09. The van der Waals surface area contributed by atoms with Gasteiger partial charge in [-0.05, 0) is 31.0 Å². The number of halogens is 2. The fraction of sp³-hybridized carbons (Fsp3) is 0.429. The fourth-order valence-corrected chi connectivity index (χ4v) is 2.98. The standard InChI is InChI=1S/C14H16ClFN2OS/c15-10-5-4-9(8-11(10)16)18-13(19)14(12(17)20)6-2-1-3-7-14/h4-5,8H,1-3,6-7H2,(H2,17,20)(H,18,19). The molecule has 3 nitrogen and oxygen atoms in total. The number of amides is 1. The molecule has 1 saturated carbocycles. The van der Waals surface area contributed by atoms with Crippen LogP contribution in [0.3, 0.4) is 0 Å². The number of carbonyl (C=O) groups is 1. The molecule has 1 amide bonds. The summed E-state index contributed by atoms with van der Waals surface area (Å²) in [4.78, 5) is 12.7. The average Bonchev–Trinajstić information content (AvgIpc) is 2.43. The second-order valence-corrected chi connectivity index (χ2v) is 5.94. The monoisotopic (exact) mass is 314 g/mol. The largest absolute Gasteiger partial charge is 0.392 e. The van der Waals surface area contributed by atoms with Gasteiger partial charge in [-0.1, -0.05) is 43.1 Å². The maximum Gasteiger partial charge on any atom is 0.237 e. The second kappa shape index (κ2) is 6.06. The van der Waals surface area contributed by atoms with Crippen molar-refractivity contribution in [2.75, 3.05) is 5.32 Å². The van der Waals surface area contributed by atoms with E-state index in [0.717, 1.165) is 19.3 Å². The Morgan fingerprint density at radius 1 is 1.35 bits per heavy atom. The Hall–Kier alpha value is -1.20. The zero-order chi connectivity index (χ0) is 14.8. The maximum absolute atomic E-state index is 13.4. The number of rotatable bonds is 3. The van der Waals surface area contributed by atoms with E-state index in [0.29, 0.717) is 18.5 Å². The van der Waals surface area contributed by atoms with Crippen molar-refractivity contribution in [3.63, 3.8) is 0 Å². The van der Waals surface area contributed by atoms with Gasteiger partial charge in [-0.2, -0.15) is 0 Å². The van der Waals surface area contributed by atoms with Crippen LogP contribution in [0.1, 0.15) is 32.1 Å². The van der Waals surface area contributed by atoms with Gasteiger partial charge in [0.15, 0.2) is 0 Å². The Balaban J connectivity index is 2.20. The Labute approximate surface area is 127 Å². The molecular weight excluding hydrogens is 299 g/mol. The summed E-state index contributed by atoms with van der Waals surface area (Å²) in [5.41, 5.74) is 5.33. The van der Waals surface area contributed by atoms with Crippen molar-refractivity contribution >= 4 is 40.4 Å². The summed E-state index contributed by atoms with van der Waals surface area (Å²) in [6, 6.07) is 4.15. The van der Waals surface area contributed by atoms with Crippen LogP contribution in [-0.2, 0) is 4.79 Å². The molecule has 1 aliphatic carbocycles. The molecule has 2 rings (SSSR count). The van der Waals surface area contributed by atoms with Crippen molar-refractivity contribution in [1.82, 2.24) is 0 Å². The third kappa shape index (κ3) is 2.94. The third-order valence-electron chi connectivity index (χ3n) is 3.79. The SMILES string of the molecule is NC(=S)C1(C(=O)Nc2ccc(Cl)c(F)c2)CCCCC1. The van der Waals surface area contributed by atoms with Gasteiger partial charge in [0.25, 0.3) is 0 Å². The molecule has 1 aliphatic rings. The van der Waals surface area contributed by atoms with Gasteiger partial charge in [-0.25, -0.2) is 4.39 Å². The van der Waals surface area contributed by atoms with Gasteiger partial charge in [0.2, 0.25) is 5.91 Å². The summed E-state index contributed by atoms with van der Waals surface area (Å²) in [5, 5.41) is 2.72. The van der Waals surface area contributed by atoms with Crippen molar-refractivity contribution in [3.8, 4) is 0 Å². The molecule has 1 aromatic carbocycles. The first kappa shape index (κ1) is 15.2. The van der Waals surface area contributed by atoms with Crippen LogP contribution in [0.5, 0.6) is 0 Å². The molecule has 0 saturated heterocycles. The molecule has 6 heteroatoms. The van der Waals surface area contributed by atoms with Crippen LogP contribution in [0.15, 0.2) is 18.2 Å². The van der Waals surface area contributed by atoms with Crippen molar-refractivity contribution < 1.29 is 9.18 Å².